The third-order valence-electron chi connectivity index (χ3n) is 5.18. The van der Waals surface area contributed by atoms with Gasteiger partial charge in [0.2, 0.25) is 5.91 Å². The quantitative estimate of drug-likeness (QED) is 0.458. The number of benzene rings is 1. The van der Waals surface area contributed by atoms with Gasteiger partial charge in [0.25, 0.3) is 5.91 Å². The molecule has 0 spiro atoms. The van der Waals surface area contributed by atoms with Crippen molar-refractivity contribution in [2.75, 3.05) is 6.61 Å². The molecule has 0 saturated carbocycles. The first kappa shape index (κ1) is 21.8. The molecule has 2 aromatic heterocycles. The van der Waals surface area contributed by atoms with Crippen molar-refractivity contribution < 1.29 is 14.7 Å². The van der Waals surface area contributed by atoms with Crippen molar-refractivity contribution in [2.45, 2.75) is 46.2 Å². The fraction of sp³-hybridized carbons (Fsp3) is 0.435. The van der Waals surface area contributed by atoms with Crippen molar-refractivity contribution in [3.8, 4) is 0 Å². The predicted molar refractivity (Wildman–Crippen MR) is 118 cm³/mol. The maximum Gasteiger partial charge on any atom is 0.270 e. The molecule has 2 heterocycles. The molecule has 0 saturated heterocycles. The summed E-state index contributed by atoms with van der Waals surface area (Å²) < 4.78 is 0. The Morgan fingerprint density at radius 1 is 1.07 bits per heavy atom. The second-order valence-electron chi connectivity index (χ2n) is 8.50. The fourth-order valence-corrected chi connectivity index (χ4v) is 3.66. The number of carbonyl (C=O) groups excluding carboxylic acids is 2. The summed E-state index contributed by atoms with van der Waals surface area (Å²) in [5.74, 6) is -0.488. The summed E-state index contributed by atoms with van der Waals surface area (Å²) in [6, 6.07) is 8.55. The van der Waals surface area contributed by atoms with E-state index in [9.17, 15) is 14.7 Å². The van der Waals surface area contributed by atoms with Gasteiger partial charge in [-0.1, -0.05) is 45.9 Å². The Morgan fingerprint density at radius 2 is 1.80 bits per heavy atom. The Balaban J connectivity index is 1.79. The first-order valence-electron chi connectivity index (χ1n) is 10.4. The Hall–Kier alpha value is -2.93. The second-order valence-corrected chi connectivity index (χ2v) is 8.50. The van der Waals surface area contributed by atoms with Gasteiger partial charge in [-0.05, 0) is 30.4 Å². The number of aliphatic hydroxyl groups excluding tert-OH is 1. The van der Waals surface area contributed by atoms with E-state index in [1.165, 1.54) is 0 Å². The van der Waals surface area contributed by atoms with E-state index in [0.717, 1.165) is 21.8 Å². The van der Waals surface area contributed by atoms with Crippen LogP contribution in [0, 0.1) is 11.8 Å². The summed E-state index contributed by atoms with van der Waals surface area (Å²) in [7, 11) is 0. The number of carbonyl (C=O) groups is 2. The van der Waals surface area contributed by atoms with E-state index in [1.54, 1.807) is 12.3 Å². The van der Waals surface area contributed by atoms with E-state index in [1.807, 2.05) is 52.0 Å². The molecule has 7 heteroatoms. The molecule has 2 atom stereocenters. The molecular weight excluding hydrogens is 380 g/mol. The van der Waals surface area contributed by atoms with E-state index in [4.69, 9.17) is 0 Å². The molecule has 4 N–H and O–H groups in total. The Labute approximate surface area is 176 Å². The lowest BCUT2D eigenvalue weighted by Gasteiger charge is -2.25. The van der Waals surface area contributed by atoms with Gasteiger partial charge in [0.05, 0.1) is 24.4 Å². The standard InChI is InChI=1S/C23H30N4O3/c1-13(2)9-15(12-28)25-23(30)21(14(3)4)27-22(29)19-10-17-16-7-5-6-8-18(16)26-20(17)11-24-19/h5-8,10-11,13-15,21,26,28H,9,12H2,1-4H3,(H,25,30)(H,27,29). The van der Waals surface area contributed by atoms with Gasteiger partial charge in [-0.15, -0.1) is 0 Å². The van der Waals surface area contributed by atoms with Crippen LogP contribution in [0.25, 0.3) is 21.8 Å². The average molecular weight is 411 g/mol. The molecule has 160 valence electrons. The van der Waals surface area contributed by atoms with Gasteiger partial charge in [0, 0.05) is 16.3 Å². The highest BCUT2D eigenvalue weighted by Gasteiger charge is 2.27. The van der Waals surface area contributed by atoms with Crippen LogP contribution in [0.4, 0.5) is 0 Å². The molecule has 0 bridgehead atoms. The zero-order valence-electron chi connectivity index (χ0n) is 17.9. The largest absolute Gasteiger partial charge is 0.394 e. The zero-order chi connectivity index (χ0) is 21.8. The van der Waals surface area contributed by atoms with E-state index in [-0.39, 0.29) is 30.2 Å². The van der Waals surface area contributed by atoms with Crippen LogP contribution in [0.15, 0.2) is 36.5 Å². The number of para-hydroxylation sites is 1. The molecule has 0 aliphatic heterocycles. The number of hydrogen-bond donors (Lipinski definition) is 4. The first-order chi connectivity index (χ1) is 14.3. The van der Waals surface area contributed by atoms with E-state index >= 15 is 0 Å². The van der Waals surface area contributed by atoms with Crippen molar-refractivity contribution >= 4 is 33.6 Å². The van der Waals surface area contributed by atoms with Crippen LogP contribution in [0.3, 0.4) is 0 Å². The minimum absolute atomic E-state index is 0.121. The number of aliphatic hydroxyl groups is 1. The third kappa shape index (κ3) is 4.79. The van der Waals surface area contributed by atoms with Gasteiger partial charge < -0.3 is 20.7 Å². The molecule has 3 rings (SSSR count). The summed E-state index contributed by atoms with van der Waals surface area (Å²) in [5.41, 5.74) is 2.09. The highest BCUT2D eigenvalue weighted by Crippen LogP contribution is 2.25. The number of rotatable bonds is 8. The lowest BCUT2D eigenvalue weighted by Crippen LogP contribution is -2.53. The first-order valence-corrected chi connectivity index (χ1v) is 10.4. The zero-order valence-corrected chi connectivity index (χ0v) is 17.9. The lowest BCUT2D eigenvalue weighted by atomic mass is 10.0. The number of aromatic amines is 1. The molecule has 1 aromatic carbocycles. The summed E-state index contributed by atoms with van der Waals surface area (Å²) in [6.45, 7) is 7.67. The minimum Gasteiger partial charge on any atom is -0.394 e. The summed E-state index contributed by atoms with van der Waals surface area (Å²) in [6.07, 6.45) is 2.30. The van der Waals surface area contributed by atoms with Gasteiger partial charge in [-0.3, -0.25) is 9.59 Å². The number of fused-ring (bicyclic) bond motifs is 3. The second kappa shape index (κ2) is 9.26. The number of pyridine rings is 1. The molecule has 7 nitrogen and oxygen atoms in total. The van der Waals surface area contributed by atoms with Crippen LogP contribution in [-0.2, 0) is 4.79 Å². The Morgan fingerprint density at radius 3 is 2.47 bits per heavy atom. The number of amides is 2. The summed E-state index contributed by atoms with van der Waals surface area (Å²) in [5, 5.41) is 17.2. The third-order valence-corrected chi connectivity index (χ3v) is 5.18. The van der Waals surface area contributed by atoms with E-state index in [0.29, 0.717) is 12.3 Å². The molecule has 3 aromatic rings. The molecule has 0 radical (unpaired) electrons. The minimum atomic E-state index is -0.723. The predicted octanol–water partition coefficient (Wildman–Crippen LogP) is 2.99. The number of hydrogen-bond acceptors (Lipinski definition) is 4. The van der Waals surface area contributed by atoms with Gasteiger partial charge in [-0.2, -0.15) is 0 Å². The van der Waals surface area contributed by atoms with Crippen LogP contribution in [0.1, 0.15) is 44.6 Å². The molecule has 2 unspecified atom stereocenters. The molecule has 0 aliphatic carbocycles. The van der Waals surface area contributed by atoms with E-state index in [2.05, 4.69) is 20.6 Å². The maximum atomic E-state index is 12.9. The van der Waals surface area contributed by atoms with Crippen molar-refractivity contribution in [2.24, 2.45) is 11.8 Å². The lowest BCUT2D eigenvalue weighted by molar-refractivity contribution is -0.125. The van der Waals surface area contributed by atoms with Crippen molar-refractivity contribution in [1.82, 2.24) is 20.6 Å². The van der Waals surface area contributed by atoms with Crippen LogP contribution in [0.2, 0.25) is 0 Å². The van der Waals surface area contributed by atoms with Gasteiger partial charge >= 0.3 is 0 Å². The van der Waals surface area contributed by atoms with Crippen LogP contribution in [0.5, 0.6) is 0 Å². The van der Waals surface area contributed by atoms with E-state index < -0.39 is 11.9 Å². The van der Waals surface area contributed by atoms with Crippen molar-refractivity contribution in [3.05, 3.63) is 42.2 Å². The number of nitrogens with zero attached hydrogens (tertiary/aromatic N) is 1. The van der Waals surface area contributed by atoms with Crippen LogP contribution in [-0.4, -0.2) is 45.6 Å². The topological polar surface area (TPSA) is 107 Å². The normalized spacial score (nSPS) is 13.7. The molecule has 30 heavy (non-hydrogen) atoms. The van der Waals surface area contributed by atoms with Crippen LogP contribution >= 0.6 is 0 Å². The number of aromatic nitrogens is 2. The highest BCUT2D eigenvalue weighted by atomic mass is 16.3. The number of nitrogens with one attached hydrogen (secondary N) is 3. The maximum absolute atomic E-state index is 12.9. The molecule has 0 fully saturated rings. The van der Waals surface area contributed by atoms with Gasteiger partial charge in [0.15, 0.2) is 0 Å². The van der Waals surface area contributed by atoms with Crippen molar-refractivity contribution in [3.63, 3.8) is 0 Å². The SMILES string of the molecule is CC(C)CC(CO)NC(=O)C(NC(=O)c1cc2c(cn1)[nH]c1ccccc12)C(C)C. The van der Waals surface area contributed by atoms with Crippen LogP contribution < -0.4 is 10.6 Å². The molecular formula is C23H30N4O3. The monoisotopic (exact) mass is 410 g/mol. The van der Waals surface area contributed by atoms with Crippen molar-refractivity contribution in [1.29, 1.82) is 0 Å². The summed E-state index contributed by atoms with van der Waals surface area (Å²) >= 11 is 0. The average Bonchev–Trinajstić information content (AvgIpc) is 3.08. The fourth-order valence-electron chi connectivity index (χ4n) is 3.66. The number of H-pyrrole nitrogens is 1. The summed E-state index contributed by atoms with van der Waals surface area (Å²) in [4.78, 5) is 33.2. The Bertz CT molecular complexity index is 1040. The van der Waals surface area contributed by atoms with Gasteiger partial charge in [-0.25, -0.2) is 4.98 Å². The molecule has 0 aliphatic rings. The highest BCUT2D eigenvalue weighted by molar-refractivity contribution is 6.09. The Kier molecular flexibility index (Phi) is 6.72. The smallest absolute Gasteiger partial charge is 0.270 e. The molecule has 2 amide bonds. The van der Waals surface area contributed by atoms with Gasteiger partial charge in [0.1, 0.15) is 11.7 Å².